The summed E-state index contributed by atoms with van der Waals surface area (Å²) in [6.07, 6.45) is 5.20. The van der Waals surface area contributed by atoms with Crippen LogP contribution in [0.25, 0.3) is 0 Å². The molecule has 0 aliphatic heterocycles. The molecule has 0 aliphatic carbocycles. The molecular weight excluding hydrogens is 322 g/mol. The van der Waals surface area contributed by atoms with Crippen LogP contribution in [0.3, 0.4) is 0 Å². The van der Waals surface area contributed by atoms with E-state index in [2.05, 4.69) is 17.3 Å². The van der Waals surface area contributed by atoms with Gasteiger partial charge in [-0.15, -0.1) is 11.8 Å². The molecule has 124 valence electrons. The number of aromatic nitrogens is 2. The maximum Gasteiger partial charge on any atom is 0.252 e. The van der Waals surface area contributed by atoms with E-state index in [9.17, 15) is 4.79 Å². The number of benzene rings is 1. The number of carbonyl (C=O) groups excluding carboxylic acids is 1. The molecule has 1 amide bonds. The molecule has 6 heteroatoms. The molecule has 1 atom stereocenters. The number of carbonyl (C=O) groups is 1. The van der Waals surface area contributed by atoms with Crippen molar-refractivity contribution >= 4 is 17.7 Å². The van der Waals surface area contributed by atoms with Gasteiger partial charge in [0.2, 0.25) is 0 Å². The van der Waals surface area contributed by atoms with Crippen LogP contribution in [-0.4, -0.2) is 28.0 Å². The summed E-state index contributed by atoms with van der Waals surface area (Å²) in [6.45, 7) is 2.48. The molecule has 5 nitrogen and oxygen atoms in total. The Kier molecular flexibility index (Phi) is 5.38. The van der Waals surface area contributed by atoms with Gasteiger partial charge in [0, 0.05) is 23.8 Å². The predicted molar refractivity (Wildman–Crippen MR) is 94.2 cm³/mol. The molecule has 0 aliphatic rings. The average molecular weight is 341 g/mol. The Hall–Kier alpha value is -2.47. The number of thioether (sulfide) groups is 1. The molecule has 3 rings (SSSR count). The van der Waals surface area contributed by atoms with E-state index in [4.69, 9.17) is 4.42 Å². The number of hydrogen-bond donors (Lipinski definition) is 1. The van der Waals surface area contributed by atoms with Crippen LogP contribution in [0.4, 0.5) is 0 Å². The molecule has 0 spiro atoms. The van der Waals surface area contributed by atoms with E-state index in [1.165, 1.54) is 0 Å². The van der Waals surface area contributed by atoms with Crippen LogP contribution in [0.1, 0.15) is 29.1 Å². The number of hydrogen-bond acceptors (Lipinski definition) is 4. The highest BCUT2D eigenvalue weighted by molar-refractivity contribution is 7.99. The molecule has 24 heavy (non-hydrogen) atoms. The molecule has 1 aromatic carbocycles. The minimum atomic E-state index is -0.176. The van der Waals surface area contributed by atoms with Gasteiger partial charge in [-0.2, -0.15) is 5.10 Å². The maximum absolute atomic E-state index is 12.6. The van der Waals surface area contributed by atoms with E-state index in [0.29, 0.717) is 12.1 Å². The first-order chi connectivity index (χ1) is 11.8. The number of rotatable bonds is 7. The van der Waals surface area contributed by atoms with Gasteiger partial charge in [0.05, 0.1) is 11.8 Å². The van der Waals surface area contributed by atoms with Crippen molar-refractivity contribution in [2.24, 2.45) is 0 Å². The third-order valence-electron chi connectivity index (χ3n) is 3.60. The Morgan fingerprint density at radius 2 is 2.17 bits per heavy atom. The lowest BCUT2D eigenvalue weighted by molar-refractivity contribution is 0.0945. The first-order valence-corrected chi connectivity index (χ1v) is 8.80. The molecule has 1 unspecified atom stereocenters. The van der Waals surface area contributed by atoms with Crippen molar-refractivity contribution < 1.29 is 9.21 Å². The zero-order valence-corrected chi connectivity index (χ0v) is 14.2. The third kappa shape index (κ3) is 3.71. The Labute approximate surface area is 145 Å². The second-order valence-corrected chi connectivity index (χ2v) is 6.46. The molecule has 0 fully saturated rings. The van der Waals surface area contributed by atoms with E-state index in [0.717, 1.165) is 16.4 Å². The molecule has 0 saturated heterocycles. The summed E-state index contributed by atoms with van der Waals surface area (Å²) in [6, 6.07) is 13.1. The van der Waals surface area contributed by atoms with Gasteiger partial charge in [0.25, 0.3) is 5.91 Å². The molecule has 0 bridgehead atoms. The van der Waals surface area contributed by atoms with E-state index >= 15 is 0 Å². The van der Waals surface area contributed by atoms with Crippen molar-refractivity contribution in [2.75, 3.05) is 12.3 Å². The first kappa shape index (κ1) is 16.4. The van der Waals surface area contributed by atoms with Crippen LogP contribution in [0.5, 0.6) is 0 Å². The SMILES string of the molecule is CCSc1ccccc1C(=O)NCC(c1ccco1)n1cccn1. The van der Waals surface area contributed by atoms with E-state index in [1.807, 2.05) is 48.7 Å². The lowest BCUT2D eigenvalue weighted by Gasteiger charge is -2.17. The van der Waals surface area contributed by atoms with Crippen molar-refractivity contribution in [1.29, 1.82) is 0 Å². The summed E-state index contributed by atoms with van der Waals surface area (Å²) in [5, 5.41) is 7.27. The zero-order valence-electron chi connectivity index (χ0n) is 13.4. The van der Waals surface area contributed by atoms with Crippen LogP contribution in [-0.2, 0) is 0 Å². The lowest BCUT2D eigenvalue weighted by Crippen LogP contribution is -2.31. The van der Waals surface area contributed by atoms with Gasteiger partial charge in [0.15, 0.2) is 0 Å². The van der Waals surface area contributed by atoms with Crippen LogP contribution in [0, 0.1) is 0 Å². The summed E-state index contributed by atoms with van der Waals surface area (Å²) in [4.78, 5) is 13.6. The van der Waals surface area contributed by atoms with Crippen molar-refractivity contribution in [3.63, 3.8) is 0 Å². The Morgan fingerprint density at radius 1 is 1.29 bits per heavy atom. The van der Waals surface area contributed by atoms with Gasteiger partial charge in [-0.1, -0.05) is 19.1 Å². The number of furan rings is 1. The highest BCUT2D eigenvalue weighted by Crippen LogP contribution is 2.23. The molecular formula is C18H19N3O2S. The maximum atomic E-state index is 12.6. The zero-order chi connectivity index (χ0) is 16.8. The van der Waals surface area contributed by atoms with Gasteiger partial charge in [0.1, 0.15) is 11.8 Å². The smallest absolute Gasteiger partial charge is 0.252 e. The van der Waals surface area contributed by atoms with Crippen LogP contribution >= 0.6 is 11.8 Å². The standard InChI is InChI=1S/C18H19N3O2S/c1-2-24-17-9-4-3-7-14(17)18(22)19-13-15(16-8-5-12-23-16)21-11-6-10-20-21/h3-12,15H,2,13H2,1H3,(H,19,22). The summed E-state index contributed by atoms with van der Waals surface area (Å²) in [5.41, 5.74) is 0.697. The van der Waals surface area contributed by atoms with E-state index < -0.39 is 0 Å². The van der Waals surface area contributed by atoms with Gasteiger partial charge < -0.3 is 9.73 Å². The molecule has 1 N–H and O–H groups in total. The minimum Gasteiger partial charge on any atom is -0.467 e. The van der Waals surface area contributed by atoms with Crippen LogP contribution in [0.2, 0.25) is 0 Å². The van der Waals surface area contributed by atoms with Crippen molar-refractivity contribution in [2.45, 2.75) is 17.9 Å². The highest BCUT2D eigenvalue weighted by atomic mass is 32.2. The second kappa shape index (κ2) is 7.88. The minimum absolute atomic E-state index is 0.0877. The number of nitrogens with one attached hydrogen (secondary N) is 1. The fourth-order valence-electron chi connectivity index (χ4n) is 2.49. The van der Waals surface area contributed by atoms with Crippen molar-refractivity contribution in [3.05, 3.63) is 72.4 Å². The van der Waals surface area contributed by atoms with Gasteiger partial charge in [-0.25, -0.2) is 0 Å². The highest BCUT2D eigenvalue weighted by Gasteiger charge is 2.19. The largest absolute Gasteiger partial charge is 0.467 e. The summed E-state index contributed by atoms with van der Waals surface area (Å²) in [7, 11) is 0. The third-order valence-corrected chi connectivity index (χ3v) is 4.56. The lowest BCUT2D eigenvalue weighted by atomic mass is 10.2. The Balaban J connectivity index is 1.74. The first-order valence-electron chi connectivity index (χ1n) is 7.82. The fraction of sp³-hybridized carbons (Fsp3) is 0.222. The normalized spacial score (nSPS) is 12.0. The van der Waals surface area contributed by atoms with Crippen LogP contribution in [0.15, 0.2) is 70.4 Å². The molecule has 0 saturated carbocycles. The Morgan fingerprint density at radius 3 is 2.88 bits per heavy atom. The predicted octanol–water partition coefficient (Wildman–Crippen LogP) is 3.61. The topological polar surface area (TPSA) is 60.1 Å². The molecule has 2 heterocycles. The summed E-state index contributed by atoms with van der Waals surface area (Å²) in [5.74, 6) is 1.59. The summed E-state index contributed by atoms with van der Waals surface area (Å²) < 4.78 is 7.29. The van der Waals surface area contributed by atoms with Gasteiger partial charge >= 0.3 is 0 Å². The quantitative estimate of drug-likeness (QED) is 0.667. The fourth-order valence-corrected chi connectivity index (χ4v) is 3.29. The van der Waals surface area contributed by atoms with E-state index in [-0.39, 0.29) is 11.9 Å². The number of nitrogens with zero attached hydrogens (tertiary/aromatic N) is 2. The van der Waals surface area contributed by atoms with Crippen molar-refractivity contribution in [3.8, 4) is 0 Å². The van der Waals surface area contributed by atoms with Gasteiger partial charge in [-0.05, 0) is 36.1 Å². The van der Waals surface area contributed by atoms with E-state index in [1.54, 1.807) is 28.9 Å². The molecule has 0 radical (unpaired) electrons. The second-order valence-electron chi connectivity index (χ2n) is 5.16. The summed E-state index contributed by atoms with van der Waals surface area (Å²) >= 11 is 1.66. The monoisotopic (exact) mass is 341 g/mol. The average Bonchev–Trinajstić information content (AvgIpc) is 3.30. The molecule has 3 aromatic rings. The van der Waals surface area contributed by atoms with Crippen molar-refractivity contribution in [1.82, 2.24) is 15.1 Å². The van der Waals surface area contributed by atoms with Crippen LogP contribution < -0.4 is 5.32 Å². The Bertz CT molecular complexity index is 735. The molecule has 2 aromatic heterocycles. The number of amides is 1. The van der Waals surface area contributed by atoms with Gasteiger partial charge in [-0.3, -0.25) is 9.48 Å².